The first-order chi connectivity index (χ1) is 21.6. The second-order valence-corrected chi connectivity index (χ2v) is 13.6. The quantitative estimate of drug-likeness (QED) is 0.157. The van der Waals surface area contributed by atoms with E-state index in [9.17, 15) is 19.2 Å². The standard InChI is InChI=1S/C37H55N3O6/c1-9-11-12-13-17-24-40(31(41)26-38-35(44)46-37(6,7)8)32(29-22-20-27(10-2)21-23-29)33(42)39-30(34(43)45-36(3,4)5)25-28-18-15-14-16-19-28/h14-16,18-23,30,32H,9-13,17,24-26H2,1-8H3,(H,38,44)(H,39,42). The van der Waals surface area contributed by atoms with Gasteiger partial charge in [-0.25, -0.2) is 9.59 Å². The minimum atomic E-state index is -1.05. The van der Waals surface area contributed by atoms with Crippen LogP contribution in [0.15, 0.2) is 54.6 Å². The normalized spacial score (nSPS) is 12.9. The maximum atomic E-state index is 14.4. The highest BCUT2D eigenvalue weighted by molar-refractivity contribution is 5.92. The number of rotatable bonds is 16. The van der Waals surface area contributed by atoms with Crippen molar-refractivity contribution in [3.05, 3.63) is 71.3 Å². The molecule has 2 unspecified atom stereocenters. The Morgan fingerprint density at radius 2 is 1.37 bits per heavy atom. The van der Waals surface area contributed by atoms with Gasteiger partial charge in [-0.2, -0.15) is 0 Å². The third-order valence-corrected chi connectivity index (χ3v) is 7.16. The number of esters is 1. The third-order valence-electron chi connectivity index (χ3n) is 7.16. The van der Waals surface area contributed by atoms with Crippen molar-refractivity contribution in [2.75, 3.05) is 13.1 Å². The number of aryl methyl sites for hydroxylation is 1. The first-order valence-corrected chi connectivity index (χ1v) is 16.6. The van der Waals surface area contributed by atoms with Crippen LogP contribution in [0, 0.1) is 0 Å². The number of ether oxygens (including phenoxy) is 2. The summed E-state index contributed by atoms with van der Waals surface area (Å²) in [6.07, 6.45) is 5.03. The van der Waals surface area contributed by atoms with E-state index in [2.05, 4.69) is 17.6 Å². The molecule has 0 radical (unpaired) electrons. The fourth-order valence-electron chi connectivity index (χ4n) is 4.92. The molecule has 9 nitrogen and oxygen atoms in total. The topological polar surface area (TPSA) is 114 Å². The maximum Gasteiger partial charge on any atom is 0.408 e. The van der Waals surface area contributed by atoms with Crippen molar-refractivity contribution >= 4 is 23.9 Å². The molecule has 0 spiro atoms. The van der Waals surface area contributed by atoms with Gasteiger partial charge in [0.1, 0.15) is 29.8 Å². The molecule has 2 aromatic rings. The van der Waals surface area contributed by atoms with Crippen molar-refractivity contribution in [1.82, 2.24) is 15.5 Å². The lowest BCUT2D eigenvalue weighted by atomic mass is 9.99. The Bertz CT molecular complexity index is 1250. The van der Waals surface area contributed by atoms with Gasteiger partial charge >= 0.3 is 12.1 Å². The molecule has 46 heavy (non-hydrogen) atoms. The van der Waals surface area contributed by atoms with E-state index >= 15 is 0 Å². The molecule has 2 rings (SSSR count). The molecule has 0 bridgehead atoms. The number of carbonyl (C=O) groups excluding carboxylic acids is 4. The van der Waals surface area contributed by atoms with Crippen LogP contribution >= 0.6 is 0 Å². The van der Waals surface area contributed by atoms with Gasteiger partial charge in [0, 0.05) is 13.0 Å². The number of nitrogens with one attached hydrogen (secondary N) is 2. The Morgan fingerprint density at radius 3 is 1.93 bits per heavy atom. The van der Waals surface area contributed by atoms with Crippen molar-refractivity contribution in [2.24, 2.45) is 0 Å². The number of nitrogens with zero attached hydrogens (tertiary/aromatic N) is 1. The summed E-state index contributed by atoms with van der Waals surface area (Å²) in [5.41, 5.74) is 1.05. The molecule has 0 aliphatic carbocycles. The third kappa shape index (κ3) is 14.0. The number of benzene rings is 2. The first-order valence-electron chi connectivity index (χ1n) is 16.6. The van der Waals surface area contributed by atoms with Gasteiger partial charge in [-0.3, -0.25) is 9.59 Å². The van der Waals surface area contributed by atoms with Gasteiger partial charge in [-0.15, -0.1) is 0 Å². The van der Waals surface area contributed by atoms with E-state index < -0.39 is 47.2 Å². The van der Waals surface area contributed by atoms with Crippen LogP contribution in [0.1, 0.15) is 110 Å². The van der Waals surface area contributed by atoms with Crippen LogP contribution in [0.4, 0.5) is 4.79 Å². The van der Waals surface area contributed by atoms with Crippen molar-refractivity contribution in [2.45, 2.75) is 124 Å². The van der Waals surface area contributed by atoms with E-state index in [1.807, 2.05) is 61.5 Å². The Kier molecular flexibility index (Phi) is 15.2. The zero-order valence-electron chi connectivity index (χ0n) is 29.1. The Balaban J connectivity index is 2.49. The molecule has 0 heterocycles. The van der Waals surface area contributed by atoms with Gasteiger partial charge in [-0.1, -0.05) is 94.1 Å². The Labute approximate surface area is 275 Å². The molecule has 0 aromatic heterocycles. The average Bonchev–Trinajstić information content (AvgIpc) is 2.98. The summed E-state index contributed by atoms with van der Waals surface area (Å²) in [7, 11) is 0. The van der Waals surface area contributed by atoms with Gasteiger partial charge in [0.05, 0.1) is 0 Å². The summed E-state index contributed by atoms with van der Waals surface area (Å²) < 4.78 is 11.0. The Hall–Kier alpha value is -3.88. The highest BCUT2D eigenvalue weighted by Gasteiger charge is 2.35. The number of unbranched alkanes of at least 4 members (excludes halogenated alkanes) is 4. The van der Waals surface area contributed by atoms with Crippen molar-refractivity contribution in [3.63, 3.8) is 0 Å². The maximum absolute atomic E-state index is 14.4. The van der Waals surface area contributed by atoms with Crippen molar-refractivity contribution in [3.8, 4) is 0 Å². The SMILES string of the molecule is CCCCCCCN(C(=O)CNC(=O)OC(C)(C)C)C(C(=O)NC(Cc1ccccc1)C(=O)OC(C)(C)C)c1ccc(CC)cc1. The monoisotopic (exact) mass is 637 g/mol. The molecule has 9 heteroatoms. The van der Waals surface area contributed by atoms with Crippen LogP contribution in [0.2, 0.25) is 0 Å². The predicted molar refractivity (Wildman–Crippen MR) is 181 cm³/mol. The van der Waals surface area contributed by atoms with Gasteiger partial charge in [0.2, 0.25) is 11.8 Å². The molecular weight excluding hydrogens is 582 g/mol. The van der Waals surface area contributed by atoms with Gasteiger partial charge in [0.25, 0.3) is 0 Å². The second-order valence-electron chi connectivity index (χ2n) is 13.6. The summed E-state index contributed by atoms with van der Waals surface area (Å²) in [4.78, 5) is 55.6. The van der Waals surface area contributed by atoms with Crippen molar-refractivity contribution in [1.29, 1.82) is 0 Å². The summed E-state index contributed by atoms with van der Waals surface area (Å²) in [6, 6.07) is 14.9. The molecule has 3 amide bonds. The highest BCUT2D eigenvalue weighted by atomic mass is 16.6. The van der Waals surface area contributed by atoms with E-state index in [1.165, 1.54) is 4.90 Å². The molecule has 0 aliphatic rings. The van der Waals surface area contributed by atoms with Gasteiger partial charge < -0.3 is 25.0 Å². The van der Waals surface area contributed by atoms with E-state index in [-0.39, 0.29) is 13.0 Å². The molecule has 2 N–H and O–H groups in total. The predicted octanol–water partition coefficient (Wildman–Crippen LogP) is 6.68. The molecule has 2 atom stereocenters. The zero-order valence-corrected chi connectivity index (χ0v) is 29.1. The smallest absolute Gasteiger partial charge is 0.408 e. The minimum absolute atomic E-state index is 0.216. The zero-order chi connectivity index (χ0) is 34.3. The van der Waals surface area contributed by atoms with E-state index in [4.69, 9.17) is 9.47 Å². The summed E-state index contributed by atoms with van der Waals surface area (Å²) in [5.74, 6) is -1.50. The lowest BCUT2D eigenvalue weighted by Gasteiger charge is -2.33. The van der Waals surface area contributed by atoms with Crippen LogP contribution in [0.5, 0.6) is 0 Å². The molecule has 254 valence electrons. The second kappa shape index (κ2) is 18.3. The van der Waals surface area contributed by atoms with Crippen LogP contribution in [0.25, 0.3) is 0 Å². The first kappa shape index (κ1) is 38.3. The van der Waals surface area contributed by atoms with E-state index in [0.29, 0.717) is 18.5 Å². The van der Waals surface area contributed by atoms with E-state index in [0.717, 1.165) is 43.2 Å². The van der Waals surface area contributed by atoms with Gasteiger partial charge in [-0.05, 0) is 71.1 Å². The number of hydrogen-bond donors (Lipinski definition) is 2. The fourth-order valence-corrected chi connectivity index (χ4v) is 4.92. The molecule has 0 fully saturated rings. The highest BCUT2D eigenvalue weighted by Crippen LogP contribution is 2.25. The van der Waals surface area contributed by atoms with Gasteiger partial charge in [0.15, 0.2) is 0 Å². The van der Waals surface area contributed by atoms with Crippen LogP contribution in [0.3, 0.4) is 0 Å². The lowest BCUT2D eigenvalue weighted by Crippen LogP contribution is -2.52. The van der Waals surface area contributed by atoms with Crippen LogP contribution < -0.4 is 10.6 Å². The number of amides is 3. The van der Waals surface area contributed by atoms with Crippen LogP contribution in [-0.2, 0) is 36.7 Å². The molecule has 0 aliphatic heterocycles. The molecule has 0 saturated heterocycles. The molecular formula is C37H55N3O6. The summed E-state index contributed by atoms with van der Waals surface area (Å²) in [6.45, 7) is 14.7. The number of alkyl carbamates (subject to hydrolysis) is 1. The number of hydrogen-bond acceptors (Lipinski definition) is 6. The fraction of sp³-hybridized carbons (Fsp3) is 0.568. The lowest BCUT2D eigenvalue weighted by molar-refractivity contribution is -0.159. The summed E-state index contributed by atoms with van der Waals surface area (Å²) >= 11 is 0. The van der Waals surface area contributed by atoms with Crippen molar-refractivity contribution < 1.29 is 28.7 Å². The number of carbonyl (C=O) groups is 4. The minimum Gasteiger partial charge on any atom is -0.458 e. The largest absolute Gasteiger partial charge is 0.458 e. The molecule has 0 saturated carbocycles. The average molecular weight is 638 g/mol. The summed E-state index contributed by atoms with van der Waals surface area (Å²) in [5, 5.41) is 5.49. The molecule has 2 aromatic carbocycles. The van der Waals surface area contributed by atoms with E-state index in [1.54, 1.807) is 41.5 Å². The Morgan fingerprint density at radius 1 is 0.761 bits per heavy atom. The van der Waals surface area contributed by atoms with Crippen LogP contribution in [-0.4, -0.2) is 59.1 Å².